The molecule has 0 unspecified atom stereocenters. The minimum atomic E-state index is -0.422. The van der Waals surface area contributed by atoms with Crippen molar-refractivity contribution in [2.75, 3.05) is 6.79 Å². The van der Waals surface area contributed by atoms with Gasteiger partial charge in [0.05, 0.1) is 11.5 Å². The van der Waals surface area contributed by atoms with E-state index in [1.54, 1.807) is 0 Å². The van der Waals surface area contributed by atoms with E-state index in [1.807, 2.05) is 32.0 Å². The number of nitro groups is 1. The maximum Gasteiger partial charge on any atom is 0.270 e. The number of ether oxygens (including phenoxy) is 3. The summed E-state index contributed by atoms with van der Waals surface area (Å²) in [6.45, 7) is 4.68. The maximum absolute atomic E-state index is 11.1. The zero-order chi connectivity index (χ0) is 16.4. The summed E-state index contributed by atoms with van der Waals surface area (Å²) in [6, 6.07) is 8.79. The Balaban J connectivity index is 1.87. The average Bonchev–Trinajstić information content (AvgIpc) is 2.55. The second-order valence-electron chi connectivity index (χ2n) is 5.50. The summed E-state index contributed by atoms with van der Waals surface area (Å²) in [5, 5.41) is 11.1. The van der Waals surface area contributed by atoms with Gasteiger partial charge in [-0.25, -0.2) is 0 Å². The number of fused-ring (bicyclic) bond motifs is 1. The molecule has 0 aliphatic carbocycles. The van der Waals surface area contributed by atoms with E-state index in [9.17, 15) is 10.1 Å². The summed E-state index contributed by atoms with van der Waals surface area (Å²) in [5.74, 6) is 1.34. The van der Waals surface area contributed by atoms with Crippen molar-refractivity contribution in [2.45, 2.75) is 27.1 Å². The predicted octanol–water partition coefficient (Wildman–Crippen LogP) is 3.66. The lowest BCUT2D eigenvalue weighted by Gasteiger charge is -2.20. The molecule has 2 aromatic carbocycles. The number of rotatable bonds is 4. The molecule has 2 aromatic rings. The second kappa shape index (κ2) is 6.26. The summed E-state index contributed by atoms with van der Waals surface area (Å²) in [5.41, 5.74) is 3.65. The lowest BCUT2D eigenvalue weighted by molar-refractivity contribution is -0.385. The largest absolute Gasteiger partial charge is 0.489 e. The average molecular weight is 315 g/mol. The van der Waals surface area contributed by atoms with Gasteiger partial charge in [0, 0.05) is 23.3 Å². The molecule has 0 N–H and O–H groups in total. The molecule has 0 radical (unpaired) electrons. The summed E-state index contributed by atoms with van der Waals surface area (Å²) in [4.78, 5) is 10.7. The molecular formula is C17H17NO5. The van der Waals surface area contributed by atoms with Crippen molar-refractivity contribution in [3.63, 3.8) is 0 Å². The lowest BCUT2D eigenvalue weighted by Crippen LogP contribution is -2.14. The van der Waals surface area contributed by atoms with Crippen LogP contribution < -0.4 is 9.47 Å². The van der Waals surface area contributed by atoms with E-state index < -0.39 is 4.92 Å². The topological polar surface area (TPSA) is 70.8 Å². The van der Waals surface area contributed by atoms with E-state index in [0.29, 0.717) is 23.5 Å². The molecule has 0 fully saturated rings. The Morgan fingerprint density at radius 2 is 2.04 bits per heavy atom. The van der Waals surface area contributed by atoms with Crippen molar-refractivity contribution in [2.24, 2.45) is 0 Å². The molecule has 0 aromatic heterocycles. The van der Waals surface area contributed by atoms with Gasteiger partial charge in [0.25, 0.3) is 5.69 Å². The third-order valence-corrected chi connectivity index (χ3v) is 3.86. The molecule has 6 nitrogen and oxygen atoms in total. The molecular weight excluding hydrogens is 298 g/mol. The van der Waals surface area contributed by atoms with Crippen molar-refractivity contribution in [1.82, 2.24) is 0 Å². The molecule has 120 valence electrons. The van der Waals surface area contributed by atoms with Gasteiger partial charge in [0.15, 0.2) is 6.79 Å². The number of hydrogen-bond donors (Lipinski definition) is 0. The Hall–Kier alpha value is -2.60. The van der Waals surface area contributed by atoms with E-state index >= 15 is 0 Å². The van der Waals surface area contributed by atoms with Gasteiger partial charge in [-0.1, -0.05) is 6.07 Å². The maximum atomic E-state index is 11.1. The highest BCUT2D eigenvalue weighted by atomic mass is 16.7. The van der Waals surface area contributed by atoms with Gasteiger partial charge in [-0.15, -0.1) is 0 Å². The van der Waals surface area contributed by atoms with E-state index in [2.05, 4.69) is 0 Å². The van der Waals surface area contributed by atoms with Crippen LogP contribution in [-0.4, -0.2) is 11.7 Å². The second-order valence-corrected chi connectivity index (χ2v) is 5.50. The van der Waals surface area contributed by atoms with Crippen LogP contribution in [0.15, 0.2) is 30.3 Å². The van der Waals surface area contributed by atoms with E-state index in [4.69, 9.17) is 14.2 Å². The standard InChI is InChI=1S/C17H17NO5/c1-11-3-4-16(5-12(11)2)22-9-14-7-15(18(19)20)6-13-8-21-10-23-17(13)14/h3-7H,8-10H2,1-2H3. The molecule has 0 saturated carbocycles. The van der Waals surface area contributed by atoms with Crippen LogP contribution in [0.3, 0.4) is 0 Å². The minimum Gasteiger partial charge on any atom is -0.489 e. The summed E-state index contributed by atoms with van der Waals surface area (Å²) in [6.07, 6.45) is 0. The van der Waals surface area contributed by atoms with Gasteiger partial charge < -0.3 is 14.2 Å². The Kier molecular flexibility index (Phi) is 4.16. The highest BCUT2D eigenvalue weighted by molar-refractivity contribution is 5.50. The smallest absolute Gasteiger partial charge is 0.270 e. The first-order valence-corrected chi connectivity index (χ1v) is 7.25. The van der Waals surface area contributed by atoms with Gasteiger partial charge in [0.2, 0.25) is 0 Å². The fourth-order valence-electron chi connectivity index (χ4n) is 2.46. The van der Waals surface area contributed by atoms with Crippen molar-refractivity contribution in [3.8, 4) is 11.5 Å². The number of nitro benzene ring substituents is 1. The summed E-state index contributed by atoms with van der Waals surface area (Å²) < 4.78 is 16.5. The van der Waals surface area contributed by atoms with Crippen LogP contribution in [0.2, 0.25) is 0 Å². The van der Waals surface area contributed by atoms with Crippen LogP contribution in [0, 0.1) is 24.0 Å². The SMILES string of the molecule is Cc1ccc(OCc2cc([N+](=O)[O-])cc3c2OCOC3)cc1C. The van der Waals surface area contributed by atoms with E-state index in [-0.39, 0.29) is 19.1 Å². The van der Waals surface area contributed by atoms with E-state index in [0.717, 1.165) is 11.3 Å². The molecule has 0 spiro atoms. The third kappa shape index (κ3) is 3.27. The van der Waals surface area contributed by atoms with Crippen LogP contribution in [0.5, 0.6) is 11.5 Å². The quantitative estimate of drug-likeness (QED) is 0.636. The highest BCUT2D eigenvalue weighted by Gasteiger charge is 2.21. The number of aryl methyl sites for hydroxylation is 2. The van der Waals surface area contributed by atoms with Gasteiger partial charge >= 0.3 is 0 Å². The van der Waals surface area contributed by atoms with Crippen LogP contribution in [0.4, 0.5) is 5.69 Å². The Morgan fingerprint density at radius 3 is 2.78 bits per heavy atom. The zero-order valence-corrected chi connectivity index (χ0v) is 13.0. The molecule has 23 heavy (non-hydrogen) atoms. The number of hydrogen-bond acceptors (Lipinski definition) is 5. The van der Waals surface area contributed by atoms with Crippen molar-refractivity contribution in [1.29, 1.82) is 0 Å². The molecule has 0 saturated heterocycles. The molecule has 1 aliphatic rings. The van der Waals surface area contributed by atoms with Crippen molar-refractivity contribution in [3.05, 3.63) is 62.7 Å². The molecule has 6 heteroatoms. The van der Waals surface area contributed by atoms with Crippen molar-refractivity contribution < 1.29 is 19.1 Å². The number of non-ortho nitro benzene ring substituents is 1. The number of benzene rings is 2. The summed E-state index contributed by atoms with van der Waals surface area (Å²) in [7, 11) is 0. The van der Waals surface area contributed by atoms with Crippen LogP contribution in [-0.2, 0) is 18.0 Å². The molecule has 1 heterocycles. The first-order chi connectivity index (χ1) is 11.0. The molecule has 1 aliphatic heterocycles. The third-order valence-electron chi connectivity index (χ3n) is 3.86. The predicted molar refractivity (Wildman–Crippen MR) is 83.6 cm³/mol. The van der Waals surface area contributed by atoms with Crippen LogP contribution in [0.25, 0.3) is 0 Å². The Morgan fingerprint density at radius 1 is 1.22 bits per heavy atom. The normalized spacial score (nSPS) is 13.1. The molecule has 0 atom stereocenters. The van der Waals surface area contributed by atoms with Gasteiger partial charge in [-0.3, -0.25) is 10.1 Å². The Labute approximate surface area is 133 Å². The summed E-state index contributed by atoms with van der Waals surface area (Å²) >= 11 is 0. The van der Waals surface area contributed by atoms with Gasteiger partial charge in [-0.2, -0.15) is 0 Å². The van der Waals surface area contributed by atoms with Gasteiger partial charge in [0.1, 0.15) is 18.1 Å². The number of nitrogens with zero attached hydrogens (tertiary/aromatic N) is 1. The van der Waals surface area contributed by atoms with E-state index in [1.165, 1.54) is 17.7 Å². The first kappa shape index (κ1) is 15.3. The van der Waals surface area contributed by atoms with Crippen LogP contribution >= 0.6 is 0 Å². The minimum absolute atomic E-state index is 0.0107. The van der Waals surface area contributed by atoms with Gasteiger partial charge in [-0.05, 0) is 37.1 Å². The first-order valence-electron chi connectivity index (χ1n) is 7.25. The molecule has 0 bridgehead atoms. The molecule has 0 amide bonds. The van der Waals surface area contributed by atoms with Crippen LogP contribution in [0.1, 0.15) is 22.3 Å². The fourth-order valence-corrected chi connectivity index (χ4v) is 2.46. The zero-order valence-electron chi connectivity index (χ0n) is 13.0. The highest BCUT2D eigenvalue weighted by Crippen LogP contribution is 2.33. The molecule has 3 rings (SSSR count). The van der Waals surface area contributed by atoms with Crippen molar-refractivity contribution >= 4 is 5.69 Å². The monoisotopic (exact) mass is 315 g/mol. The fraction of sp³-hybridized carbons (Fsp3) is 0.294. The lowest BCUT2D eigenvalue weighted by atomic mass is 10.1. The Bertz CT molecular complexity index is 757.